The van der Waals surface area contributed by atoms with Crippen LogP contribution in [-0.4, -0.2) is 61.8 Å². The van der Waals surface area contributed by atoms with E-state index >= 15 is 0 Å². The van der Waals surface area contributed by atoms with Gasteiger partial charge in [-0.15, -0.1) is 0 Å². The molecule has 0 N–H and O–H groups in total. The van der Waals surface area contributed by atoms with Crippen LogP contribution in [0.2, 0.25) is 0 Å². The molecule has 46 heavy (non-hydrogen) atoms. The van der Waals surface area contributed by atoms with E-state index in [1.165, 1.54) is 19.1 Å². The van der Waals surface area contributed by atoms with Crippen molar-refractivity contribution in [1.82, 2.24) is 19.1 Å². The van der Waals surface area contributed by atoms with Gasteiger partial charge < -0.3 is 23.3 Å². The largest absolute Gasteiger partial charge is 0.494 e. The van der Waals surface area contributed by atoms with Crippen molar-refractivity contribution in [3.05, 3.63) is 41.6 Å². The van der Waals surface area contributed by atoms with E-state index in [1.807, 2.05) is 44.7 Å². The highest BCUT2D eigenvalue weighted by Crippen LogP contribution is 2.34. The zero-order chi connectivity index (χ0) is 33.6. The fraction of sp³-hybridized carbons (Fsp3) is 0.514. The second kappa shape index (κ2) is 14.7. The number of nitrogens with zero attached hydrogens (tertiary/aromatic N) is 5. The minimum Gasteiger partial charge on any atom is -0.494 e. The third-order valence-corrected chi connectivity index (χ3v) is 8.02. The summed E-state index contributed by atoms with van der Waals surface area (Å²) in [4.78, 5) is 34.4. The molecule has 11 heteroatoms. The first-order valence-corrected chi connectivity index (χ1v) is 16.5. The predicted octanol–water partition coefficient (Wildman–Crippen LogP) is 7.93. The van der Waals surface area contributed by atoms with Crippen LogP contribution in [0.4, 0.5) is 0 Å². The van der Waals surface area contributed by atoms with Gasteiger partial charge in [-0.05, 0) is 96.7 Å². The van der Waals surface area contributed by atoms with Gasteiger partial charge in [0.15, 0.2) is 5.82 Å². The highest BCUT2D eigenvalue weighted by molar-refractivity contribution is 7.99. The number of pyridine rings is 1. The third kappa shape index (κ3) is 8.90. The lowest BCUT2D eigenvalue weighted by Gasteiger charge is -2.19. The lowest BCUT2D eigenvalue weighted by Crippen LogP contribution is -2.23. The van der Waals surface area contributed by atoms with Crippen molar-refractivity contribution in [2.75, 3.05) is 14.2 Å². The number of rotatable bonds is 13. The quantitative estimate of drug-likeness (QED) is 0.0622. The summed E-state index contributed by atoms with van der Waals surface area (Å²) in [5, 5.41) is 1.00. The molecule has 0 unspecified atom stereocenters. The average Bonchev–Trinajstić information content (AvgIpc) is 3.50. The number of imidazole rings is 1. The number of fused-ring (bicyclic) bond motifs is 2. The molecule has 3 heterocycles. The number of esters is 2. The first kappa shape index (κ1) is 35.0. The standard InChI is InChI=1S/C35H47N5O5S/c1-34(2,3)45-29(41)15-13-11-10-12-14-18-40-27(20-23-16-17-25(37-31(23)40)22-36-46-35(4,5)6)32-38-26-19-24(33(42)44-9)21-28(43-8)30(26)39(32)7/h16-17,19-22H,10-15,18H2,1-9H3. The molecule has 0 fully saturated rings. The van der Waals surface area contributed by atoms with Crippen LogP contribution < -0.4 is 4.74 Å². The molecule has 0 bridgehead atoms. The highest BCUT2D eigenvalue weighted by atomic mass is 32.2. The van der Waals surface area contributed by atoms with E-state index in [9.17, 15) is 9.59 Å². The molecular weight excluding hydrogens is 602 g/mol. The average molecular weight is 650 g/mol. The summed E-state index contributed by atoms with van der Waals surface area (Å²) in [5.41, 5.74) is 3.91. The van der Waals surface area contributed by atoms with Crippen LogP contribution in [0.25, 0.3) is 33.6 Å². The number of hydrogen-bond acceptors (Lipinski definition) is 9. The van der Waals surface area contributed by atoms with Crippen LogP contribution in [0, 0.1) is 0 Å². The maximum Gasteiger partial charge on any atom is 0.338 e. The number of benzene rings is 1. The van der Waals surface area contributed by atoms with E-state index in [-0.39, 0.29) is 10.7 Å². The Kier molecular flexibility index (Phi) is 11.2. The summed E-state index contributed by atoms with van der Waals surface area (Å²) < 4.78 is 24.9. The molecule has 0 aliphatic carbocycles. The summed E-state index contributed by atoms with van der Waals surface area (Å²) in [7, 11) is 4.89. The van der Waals surface area contributed by atoms with Crippen molar-refractivity contribution in [2.45, 2.75) is 97.0 Å². The molecule has 0 saturated carbocycles. The van der Waals surface area contributed by atoms with E-state index in [4.69, 9.17) is 24.2 Å². The fourth-order valence-corrected chi connectivity index (χ4v) is 5.73. The summed E-state index contributed by atoms with van der Waals surface area (Å²) >= 11 is 1.52. The number of carbonyl (C=O) groups excluding carboxylic acids is 2. The van der Waals surface area contributed by atoms with Crippen molar-refractivity contribution in [3.8, 4) is 17.3 Å². The predicted molar refractivity (Wildman–Crippen MR) is 186 cm³/mol. The van der Waals surface area contributed by atoms with Gasteiger partial charge in [-0.3, -0.25) is 4.79 Å². The SMILES string of the molecule is COC(=O)c1cc(OC)c2c(c1)nc(-c1cc3ccc(C=NSC(C)(C)C)nc3n1CCCCCCCC(=O)OC(C)(C)C)n2C. The van der Waals surface area contributed by atoms with Gasteiger partial charge >= 0.3 is 11.9 Å². The van der Waals surface area contributed by atoms with Crippen LogP contribution in [0.5, 0.6) is 5.75 Å². The van der Waals surface area contributed by atoms with Gasteiger partial charge in [0, 0.05) is 30.1 Å². The number of unbranched alkanes of at least 4 members (excludes halogenated alkanes) is 4. The molecule has 0 saturated heterocycles. The Balaban J connectivity index is 1.63. The van der Waals surface area contributed by atoms with Crippen LogP contribution in [-0.2, 0) is 27.9 Å². The maximum absolute atomic E-state index is 12.4. The van der Waals surface area contributed by atoms with Crippen LogP contribution >= 0.6 is 11.9 Å². The van der Waals surface area contributed by atoms with E-state index in [2.05, 4.69) is 41.9 Å². The Bertz CT molecular complexity index is 1730. The van der Waals surface area contributed by atoms with Crippen LogP contribution in [0.15, 0.2) is 34.7 Å². The molecule has 1 aromatic carbocycles. The summed E-state index contributed by atoms with van der Waals surface area (Å²) in [6, 6.07) is 9.58. The molecule has 4 rings (SSSR count). The topological polar surface area (TPSA) is 110 Å². The maximum atomic E-state index is 12.4. The molecule has 0 aliphatic heterocycles. The molecule has 0 aliphatic rings. The van der Waals surface area contributed by atoms with Gasteiger partial charge in [-0.25, -0.2) is 19.2 Å². The van der Waals surface area contributed by atoms with Crippen LogP contribution in [0.3, 0.4) is 0 Å². The van der Waals surface area contributed by atoms with Gasteiger partial charge in [0.2, 0.25) is 0 Å². The Morgan fingerprint density at radius 2 is 1.67 bits per heavy atom. The fourth-order valence-electron chi connectivity index (χ4n) is 5.26. The molecule has 10 nitrogen and oxygen atoms in total. The van der Waals surface area contributed by atoms with E-state index in [0.29, 0.717) is 23.3 Å². The molecule has 0 atom stereocenters. The number of aromatic nitrogens is 4. The lowest BCUT2D eigenvalue weighted by molar-refractivity contribution is -0.154. The van der Waals surface area contributed by atoms with Crippen LogP contribution in [0.1, 0.15) is 96.1 Å². The molecular formula is C35H47N5O5S. The Hall–Kier alpha value is -3.86. The number of hydrogen-bond donors (Lipinski definition) is 0. The first-order chi connectivity index (χ1) is 21.7. The van der Waals surface area contributed by atoms with Gasteiger partial charge in [0.25, 0.3) is 0 Å². The van der Waals surface area contributed by atoms with Gasteiger partial charge in [-0.2, -0.15) is 0 Å². The lowest BCUT2D eigenvalue weighted by atomic mass is 10.1. The Morgan fingerprint density at radius 3 is 2.35 bits per heavy atom. The second-order valence-electron chi connectivity index (χ2n) is 13.4. The number of ether oxygens (including phenoxy) is 3. The third-order valence-electron chi connectivity index (χ3n) is 7.26. The molecule has 0 radical (unpaired) electrons. The van der Waals surface area contributed by atoms with Crippen molar-refractivity contribution in [2.24, 2.45) is 11.4 Å². The van der Waals surface area contributed by atoms with Crippen molar-refractivity contribution < 1.29 is 23.8 Å². The number of aryl methyl sites for hydroxylation is 2. The van der Waals surface area contributed by atoms with E-state index in [1.54, 1.807) is 19.2 Å². The minimum absolute atomic E-state index is 0.00981. The molecule has 0 amide bonds. The van der Waals surface area contributed by atoms with E-state index < -0.39 is 11.6 Å². The zero-order valence-electron chi connectivity index (χ0n) is 28.6. The van der Waals surface area contributed by atoms with E-state index in [0.717, 1.165) is 72.4 Å². The monoisotopic (exact) mass is 649 g/mol. The Morgan fingerprint density at radius 1 is 0.957 bits per heavy atom. The second-order valence-corrected chi connectivity index (χ2v) is 15.0. The van der Waals surface area contributed by atoms with Crippen molar-refractivity contribution in [1.29, 1.82) is 0 Å². The molecule has 0 spiro atoms. The first-order valence-electron chi connectivity index (χ1n) is 15.8. The number of methoxy groups -OCH3 is 2. The summed E-state index contributed by atoms with van der Waals surface area (Å²) in [5.74, 6) is 0.695. The highest BCUT2D eigenvalue weighted by Gasteiger charge is 2.22. The molecule has 4 aromatic rings. The summed E-state index contributed by atoms with van der Waals surface area (Å²) in [6.07, 6.45) is 7.00. The number of carbonyl (C=O) groups is 2. The van der Waals surface area contributed by atoms with Gasteiger partial charge in [0.1, 0.15) is 22.5 Å². The molecule has 3 aromatic heterocycles. The molecule has 248 valence electrons. The zero-order valence-corrected chi connectivity index (χ0v) is 29.4. The van der Waals surface area contributed by atoms with Gasteiger partial charge in [0.05, 0.1) is 42.9 Å². The van der Waals surface area contributed by atoms with Gasteiger partial charge in [-0.1, -0.05) is 19.3 Å². The summed E-state index contributed by atoms with van der Waals surface area (Å²) in [6.45, 7) is 12.8. The smallest absolute Gasteiger partial charge is 0.338 e. The van der Waals surface area contributed by atoms with Crippen molar-refractivity contribution in [3.63, 3.8) is 0 Å². The van der Waals surface area contributed by atoms with Crippen molar-refractivity contribution >= 4 is 52.2 Å². The Labute approximate surface area is 276 Å². The normalized spacial score (nSPS) is 12.4. The minimum atomic E-state index is -0.451.